The molecule has 27 heavy (non-hydrogen) atoms. The number of hydrogen-bond donors (Lipinski definition) is 0. The third-order valence-corrected chi connectivity index (χ3v) is 7.45. The first-order chi connectivity index (χ1) is 12.9. The first-order valence-corrected chi connectivity index (χ1v) is 11.6. The van der Waals surface area contributed by atoms with Crippen LogP contribution in [0.2, 0.25) is 5.02 Å². The van der Waals surface area contributed by atoms with E-state index >= 15 is 0 Å². The molecule has 0 aliphatic carbocycles. The summed E-state index contributed by atoms with van der Waals surface area (Å²) in [5, 5.41) is 0.665. The Bertz CT molecular complexity index is 866. The van der Waals surface area contributed by atoms with Crippen molar-refractivity contribution in [2.45, 2.75) is 10.6 Å². The lowest BCUT2D eigenvalue weighted by molar-refractivity contribution is -0.129. The number of thioether (sulfide) groups is 1. The van der Waals surface area contributed by atoms with Gasteiger partial charge in [0.15, 0.2) is 0 Å². The van der Waals surface area contributed by atoms with Crippen LogP contribution in [0.25, 0.3) is 0 Å². The van der Waals surface area contributed by atoms with E-state index < -0.39 is 10.0 Å². The molecule has 2 aromatic rings. The molecule has 5 nitrogen and oxygen atoms in total. The average Bonchev–Trinajstić information content (AvgIpc) is 2.68. The highest BCUT2D eigenvalue weighted by Crippen LogP contribution is 2.21. The van der Waals surface area contributed by atoms with Gasteiger partial charge in [-0.15, -0.1) is 11.8 Å². The van der Waals surface area contributed by atoms with Crippen LogP contribution in [0.15, 0.2) is 59.5 Å². The van der Waals surface area contributed by atoms with Gasteiger partial charge in [-0.1, -0.05) is 41.9 Å². The molecule has 1 saturated heterocycles. The van der Waals surface area contributed by atoms with Crippen molar-refractivity contribution in [2.24, 2.45) is 0 Å². The molecule has 1 aliphatic rings. The summed E-state index contributed by atoms with van der Waals surface area (Å²) >= 11 is 7.32. The van der Waals surface area contributed by atoms with Gasteiger partial charge in [0, 0.05) is 36.1 Å². The number of piperazine rings is 1. The summed E-state index contributed by atoms with van der Waals surface area (Å²) in [6.07, 6.45) is 0. The van der Waals surface area contributed by atoms with Crippen molar-refractivity contribution in [2.75, 3.05) is 31.9 Å². The van der Waals surface area contributed by atoms with Crippen LogP contribution in [0.4, 0.5) is 0 Å². The Hall–Kier alpha value is -1.54. The molecule has 3 rings (SSSR count). The van der Waals surface area contributed by atoms with Gasteiger partial charge in [-0.3, -0.25) is 4.79 Å². The largest absolute Gasteiger partial charge is 0.339 e. The smallest absolute Gasteiger partial charge is 0.233 e. The quantitative estimate of drug-likeness (QED) is 0.668. The fourth-order valence-corrected chi connectivity index (χ4v) is 5.30. The van der Waals surface area contributed by atoms with E-state index in [1.54, 1.807) is 17.0 Å². The first kappa shape index (κ1) is 20.2. The van der Waals surface area contributed by atoms with E-state index in [4.69, 9.17) is 11.6 Å². The summed E-state index contributed by atoms with van der Waals surface area (Å²) < 4.78 is 26.6. The first-order valence-electron chi connectivity index (χ1n) is 8.62. The molecule has 0 N–H and O–H groups in total. The Labute approximate surface area is 169 Å². The molecule has 1 amide bonds. The van der Waals surface area contributed by atoms with Crippen molar-refractivity contribution in [3.05, 3.63) is 65.2 Å². The minimum Gasteiger partial charge on any atom is -0.339 e. The number of halogens is 1. The lowest BCUT2D eigenvalue weighted by Gasteiger charge is -2.34. The molecule has 0 atom stereocenters. The van der Waals surface area contributed by atoms with E-state index in [9.17, 15) is 13.2 Å². The molecule has 0 bridgehead atoms. The van der Waals surface area contributed by atoms with Crippen LogP contribution in [0.1, 0.15) is 5.56 Å². The predicted molar refractivity (Wildman–Crippen MR) is 109 cm³/mol. The molecule has 1 fully saturated rings. The van der Waals surface area contributed by atoms with Crippen molar-refractivity contribution >= 4 is 39.3 Å². The van der Waals surface area contributed by atoms with E-state index in [0.29, 0.717) is 37.0 Å². The second kappa shape index (κ2) is 9.10. The van der Waals surface area contributed by atoms with Crippen LogP contribution >= 0.6 is 23.4 Å². The standard InChI is InChI=1S/C19H21ClN2O3S2/c20-17-6-8-18(9-7-17)26-14-19(23)21-10-12-22(13-11-21)27(24,25)15-16-4-2-1-3-5-16/h1-9H,10-15H2. The van der Waals surface area contributed by atoms with E-state index in [-0.39, 0.29) is 11.7 Å². The minimum absolute atomic E-state index is 0.00575. The maximum atomic E-state index is 12.6. The maximum Gasteiger partial charge on any atom is 0.233 e. The van der Waals surface area contributed by atoms with E-state index in [2.05, 4.69) is 0 Å². The summed E-state index contributed by atoms with van der Waals surface area (Å²) in [4.78, 5) is 15.1. The Balaban J connectivity index is 1.49. The van der Waals surface area contributed by atoms with Gasteiger partial charge in [0.1, 0.15) is 0 Å². The number of hydrogen-bond acceptors (Lipinski definition) is 4. The van der Waals surface area contributed by atoms with E-state index in [1.165, 1.54) is 16.1 Å². The van der Waals surface area contributed by atoms with Gasteiger partial charge in [-0.2, -0.15) is 4.31 Å². The van der Waals surface area contributed by atoms with E-state index in [1.807, 2.05) is 42.5 Å². The summed E-state index contributed by atoms with van der Waals surface area (Å²) in [5.41, 5.74) is 0.773. The maximum absolute atomic E-state index is 12.6. The van der Waals surface area contributed by atoms with Gasteiger partial charge in [0.05, 0.1) is 11.5 Å². The SMILES string of the molecule is O=C(CSc1ccc(Cl)cc1)N1CCN(S(=O)(=O)Cc2ccccc2)CC1. The van der Waals surface area contributed by atoms with Crippen LogP contribution in [0.3, 0.4) is 0 Å². The molecule has 1 aliphatic heterocycles. The van der Waals surface area contributed by atoms with Crippen LogP contribution in [0.5, 0.6) is 0 Å². The van der Waals surface area contributed by atoms with Gasteiger partial charge in [-0.05, 0) is 29.8 Å². The minimum atomic E-state index is -3.37. The fraction of sp³-hybridized carbons (Fsp3) is 0.316. The molecule has 0 spiro atoms. The van der Waals surface area contributed by atoms with Crippen LogP contribution in [-0.4, -0.2) is 55.5 Å². The van der Waals surface area contributed by atoms with Gasteiger partial charge in [0.25, 0.3) is 0 Å². The number of carbonyl (C=O) groups excluding carboxylic acids is 1. The summed E-state index contributed by atoms with van der Waals surface area (Å²) in [6.45, 7) is 1.53. The lowest BCUT2D eigenvalue weighted by Crippen LogP contribution is -2.51. The normalized spacial score (nSPS) is 15.7. The third kappa shape index (κ3) is 5.72. The number of rotatable bonds is 6. The van der Waals surface area contributed by atoms with Gasteiger partial charge < -0.3 is 4.90 Å². The van der Waals surface area contributed by atoms with Crippen LogP contribution in [-0.2, 0) is 20.6 Å². The van der Waals surface area contributed by atoms with Crippen LogP contribution in [0, 0.1) is 0 Å². The molecule has 2 aromatic carbocycles. The van der Waals surface area contributed by atoms with Crippen LogP contribution < -0.4 is 0 Å². The zero-order valence-electron chi connectivity index (χ0n) is 14.8. The highest BCUT2D eigenvalue weighted by Gasteiger charge is 2.28. The lowest BCUT2D eigenvalue weighted by atomic mass is 10.2. The Morgan fingerprint density at radius 1 is 0.963 bits per heavy atom. The zero-order chi connectivity index (χ0) is 19.3. The molecule has 8 heteroatoms. The summed E-state index contributed by atoms with van der Waals surface area (Å²) in [6, 6.07) is 16.5. The Morgan fingerprint density at radius 2 is 1.59 bits per heavy atom. The zero-order valence-corrected chi connectivity index (χ0v) is 17.1. The van der Waals surface area contributed by atoms with E-state index in [0.717, 1.165) is 10.5 Å². The number of amides is 1. The summed E-state index contributed by atoms with van der Waals surface area (Å²) in [7, 11) is -3.37. The van der Waals surface area contributed by atoms with Crippen molar-refractivity contribution in [3.8, 4) is 0 Å². The van der Waals surface area contributed by atoms with Crippen molar-refractivity contribution in [1.82, 2.24) is 9.21 Å². The Morgan fingerprint density at radius 3 is 2.22 bits per heavy atom. The molecule has 0 saturated carbocycles. The number of nitrogens with zero attached hydrogens (tertiary/aromatic N) is 2. The third-order valence-electron chi connectivity index (χ3n) is 4.35. The molecule has 0 aromatic heterocycles. The number of sulfonamides is 1. The molecule has 1 heterocycles. The van der Waals surface area contributed by atoms with Gasteiger partial charge in [-0.25, -0.2) is 8.42 Å². The van der Waals surface area contributed by atoms with Crippen molar-refractivity contribution < 1.29 is 13.2 Å². The average molecular weight is 425 g/mol. The summed E-state index contributed by atoms with van der Waals surface area (Å²) in [5.74, 6) is 0.349. The monoisotopic (exact) mass is 424 g/mol. The highest BCUT2D eigenvalue weighted by atomic mass is 35.5. The molecule has 144 valence electrons. The predicted octanol–water partition coefficient (Wildman–Crippen LogP) is 3.11. The molecular weight excluding hydrogens is 404 g/mol. The Kier molecular flexibility index (Phi) is 6.81. The molecule has 0 unspecified atom stereocenters. The van der Waals surface area contributed by atoms with Crippen molar-refractivity contribution in [3.63, 3.8) is 0 Å². The highest BCUT2D eigenvalue weighted by molar-refractivity contribution is 8.00. The molecule has 0 radical (unpaired) electrons. The second-order valence-electron chi connectivity index (χ2n) is 6.26. The van der Waals surface area contributed by atoms with Gasteiger partial charge >= 0.3 is 0 Å². The van der Waals surface area contributed by atoms with Crippen molar-refractivity contribution in [1.29, 1.82) is 0 Å². The fourth-order valence-electron chi connectivity index (χ4n) is 2.86. The molecular formula is C19H21ClN2O3S2. The topological polar surface area (TPSA) is 57.7 Å². The van der Waals surface area contributed by atoms with Gasteiger partial charge in [0.2, 0.25) is 15.9 Å². The second-order valence-corrected chi connectivity index (χ2v) is 9.72. The number of benzene rings is 2. The number of carbonyl (C=O) groups is 1.